The average molecular weight is 244 g/mol. The SMILES string of the molecule is CC1(C)Sc2c(cnc3ccccc23)NC1=O. The monoisotopic (exact) mass is 244 g/mol. The Morgan fingerprint density at radius 3 is 2.88 bits per heavy atom. The molecule has 1 amide bonds. The van der Waals surface area contributed by atoms with E-state index in [1.165, 1.54) is 0 Å². The highest BCUT2D eigenvalue weighted by atomic mass is 32.2. The van der Waals surface area contributed by atoms with E-state index in [9.17, 15) is 4.79 Å². The van der Waals surface area contributed by atoms with Crippen molar-refractivity contribution in [3.8, 4) is 0 Å². The van der Waals surface area contributed by atoms with Crippen LogP contribution in [0.4, 0.5) is 5.69 Å². The number of amides is 1. The summed E-state index contributed by atoms with van der Waals surface area (Å²) in [6, 6.07) is 7.99. The van der Waals surface area contributed by atoms with Gasteiger partial charge in [0.2, 0.25) is 5.91 Å². The van der Waals surface area contributed by atoms with Gasteiger partial charge < -0.3 is 5.32 Å². The lowest BCUT2D eigenvalue weighted by Crippen LogP contribution is -2.37. The summed E-state index contributed by atoms with van der Waals surface area (Å²) in [5.41, 5.74) is 1.78. The van der Waals surface area contributed by atoms with Crippen molar-refractivity contribution < 1.29 is 4.79 Å². The van der Waals surface area contributed by atoms with E-state index >= 15 is 0 Å². The van der Waals surface area contributed by atoms with E-state index in [2.05, 4.69) is 10.3 Å². The molecular formula is C13H12N2OS. The Labute approximate surface area is 104 Å². The van der Waals surface area contributed by atoms with Crippen molar-refractivity contribution in [1.29, 1.82) is 0 Å². The summed E-state index contributed by atoms with van der Waals surface area (Å²) < 4.78 is -0.433. The van der Waals surface area contributed by atoms with Crippen LogP contribution in [0.3, 0.4) is 0 Å². The third-order valence-corrected chi connectivity index (χ3v) is 4.22. The number of nitrogens with one attached hydrogen (secondary N) is 1. The second-order valence-electron chi connectivity index (χ2n) is 4.58. The Balaban J connectivity index is 2.27. The quantitative estimate of drug-likeness (QED) is 0.774. The molecule has 0 atom stereocenters. The first-order chi connectivity index (χ1) is 8.08. The highest BCUT2D eigenvalue weighted by Crippen LogP contribution is 2.44. The molecule has 0 spiro atoms. The van der Waals surface area contributed by atoms with Crippen LogP contribution in [0.15, 0.2) is 35.4 Å². The highest BCUT2D eigenvalue weighted by molar-refractivity contribution is 8.01. The predicted molar refractivity (Wildman–Crippen MR) is 70.3 cm³/mol. The zero-order valence-corrected chi connectivity index (χ0v) is 10.5. The largest absolute Gasteiger partial charge is 0.323 e. The van der Waals surface area contributed by atoms with Gasteiger partial charge in [-0.25, -0.2) is 0 Å². The van der Waals surface area contributed by atoms with Crippen LogP contribution in [0.5, 0.6) is 0 Å². The molecule has 0 fully saturated rings. The van der Waals surface area contributed by atoms with Crippen LogP contribution in [-0.2, 0) is 4.79 Å². The molecule has 2 aromatic rings. The Morgan fingerprint density at radius 2 is 2.06 bits per heavy atom. The predicted octanol–water partition coefficient (Wildman–Crippen LogP) is 3.06. The minimum Gasteiger partial charge on any atom is -0.323 e. The van der Waals surface area contributed by atoms with Gasteiger partial charge in [-0.2, -0.15) is 0 Å². The molecule has 0 saturated heterocycles. The first-order valence-electron chi connectivity index (χ1n) is 5.46. The highest BCUT2D eigenvalue weighted by Gasteiger charge is 2.35. The maximum absolute atomic E-state index is 11.9. The van der Waals surface area contributed by atoms with Gasteiger partial charge in [0.1, 0.15) is 0 Å². The van der Waals surface area contributed by atoms with Crippen molar-refractivity contribution in [3.05, 3.63) is 30.5 Å². The molecule has 0 bridgehead atoms. The molecule has 3 nitrogen and oxygen atoms in total. The smallest absolute Gasteiger partial charge is 0.240 e. The Morgan fingerprint density at radius 1 is 1.29 bits per heavy atom. The fraction of sp³-hybridized carbons (Fsp3) is 0.231. The third kappa shape index (κ3) is 1.60. The molecule has 1 N–H and O–H groups in total. The summed E-state index contributed by atoms with van der Waals surface area (Å²) in [6.45, 7) is 3.87. The molecule has 0 unspecified atom stereocenters. The van der Waals surface area contributed by atoms with E-state index in [0.29, 0.717) is 0 Å². The zero-order valence-electron chi connectivity index (χ0n) is 9.65. The molecule has 0 aliphatic carbocycles. The Bertz CT molecular complexity index is 622. The number of nitrogens with zero attached hydrogens (tertiary/aromatic N) is 1. The van der Waals surface area contributed by atoms with E-state index in [4.69, 9.17) is 0 Å². The van der Waals surface area contributed by atoms with Gasteiger partial charge in [-0.3, -0.25) is 9.78 Å². The number of hydrogen-bond acceptors (Lipinski definition) is 3. The van der Waals surface area contributed by atoms with Crippen LogP contribution in [0.25, 0.3) is 10.9 Å². The van der Waals surface area contributed by atoms with Gasteiger partial charge in [-0.15, -0.1) is 11.8 Å². The van der Waals surface area contributed by atoms with Crippen LogP contribution in [0, 0.1) is 0 Å². The molecule has 3 rings (SSSR count). The number of aromatic nitrogens is 1. The van der Waals surface area contributed by atoms with Crippen molar-refractivity contribution in [2.24, 2.45) is 0 Å². The molecule has 17 heavy (non-hydrogen) atoms. The topological polar surface area (TPSA) is 42.0 Å². The maximum Gasteiger partial charge on any atom is 0.240 e. The number of rotatable bonds is 0. The summed E-state index contributed by atoms with van der Waals surface area (Å²) >= 11 is 1.60. The number of benzene rings is 1. The lowest BCUT2D eigenvalue weighted by molar-refractivity contribution is -0.117. The van der Waals surface area contributed by atoms with Crippen molar-refractivity contribution in [3.63, 3.8) is 0 Å². The van der Waals surface area contributed by atoms with Gasteiger partial charge in [0.15, 0.2) is 0 Å². The lowest BCUT2D eigenvalue weighted by atomic mass is 10.1. The van der Waals surface area contributed by atoms with Crippen LogP contribution in [0.1, 0.15) is 13.8 Å². The van der Waals surface area contributed by atoms with Crippen LogP contribution in [-0.4, -0.2) is 15.6 Å². The van der Waals surface area contributed by atoms with Gasteiger partial charge in [-0.05, 0) is 19.9 Å². The molecule has 1 aliphatic rings. The minimum absolute atomic E-state index is 0.0343. The third-order valence-electron chi connectivity index (χ3n) is 2.88. The van der Waals surface area contributed by atoms with Crippen molar-refractivity contribution >= 4 is 34.3 Å². The lowest BCUT2D eigenvalue weighted by Gasteiger charge is -2.30. The number of fused-ring (bicyclic) bond motifs is 3. The van der Waals surface area contributed by atoms with Crippen molar-refractivity contribution in [1.82, 2.24) is 4.98 Å². The summed E-state index contributed by atoms with van der Waals surface area (Å²) in [6.07, 6.45) is 1.73. The van der Waals surface area contributed by atoms with Gasteiger partial charge in [0.05, 0.1) is 22.1 Å². The Kier molecular flexibility index (Phi) is 2.16. The molecule has 2 heterocycles. The number of para-hydroxylation sites is 1. The van der Waals surface area contributed by atoms with Gasteiger partial charge in [-0.1, -0.05) is 18.2 Å². The van der Waals surface area contributed by atoms with E-state index < -0.39 is 4.75 Å². The summed E-state index contributed by atoms with van der Waals surface area (Å²) in [5.74, 6) is 0.0343. The van der Waals surface area contributed by atoms with Crippen LogP contribution in [0.2, 0.25) is 0 Å². The summed E-state index contributed by atoms with van der Waals surface area (Å²) in [7, 11) is 0. The fourth-order valence-corrected chi connectivity index (χ4v) is 3.04. The van der Waals surface area contributed by atoms with Gasteiger partial charge in [0.25, 0.3) is 0 Å². The number of carbonyl (C=O) groups excluding carboxylic acids is 1. The minimum atomic E-state index is -0.433. The van der Waals surface area contributed by atoms with Crippen molar-refractivity contribution in [2.75, 3.05) is 5.32 Å². The number of hydrogen-bond donors (Lipinski definition) is 1. The molecular weight excluding hydrogens is 232 g/mol. The number of thioether (sulfide) groups is 1. The normalized spacial score (nSPS) is 17.6. The van der Waals surface area contributed by atoms with Crippen LogP contribution >= 0.6 is 11.8 Å². The second-order valence-corrected chi connectivity index (χ2v) is 6.22. The van der Waals surface area contributed by atoms with E-state index in [1.807, 2.05) is 38.1 Å². The van der Waals surface area contributed by atoms with E-state index in [-0.39, 0.29) is 5.91 Å². The van der Waals surface area contributed by atoms with Gasteiger partial charge >= 0.3 is 0 Å². The molecule has 1 aliphatic heterocycles. The molecule has 86 valence electrons. The summed E-state index contributed by atoms with van der Waals surface area (Å²) in [5, 5.41) is 4.02. The molecule has 0 radical (unpaired) electrons. The molecule has 0 saturated carbocycles. The molecule has 1 aromatic carbocycles. The van der Waals surface area contributed by atoms with Crippen molar-refractivity contribution in [2.45, 2.75) is 23.5 Å². The maximum atomic E-state index is 11.9. The Hall–Kier alpha value is -1.55. The average Bonchev–Trinajstić information content (AvgIpc) is 2.31. The van der Waals surface area contributed by atoms with E-state index in [0.717, 1.165) is 21.5 Å². The van der Waals surface area contributed by atoms with E-state index in [1.54, 1.807) is 18.0 Å². The number of carbonyl (C=O) groups is 1. The standard InChI is InChI=1S/C13H12N2OS/c1-13(2)12(16)15-10-7-14-9-6-4-3-5-8(9)11(10)17-13/h3-7H,1-2H3,(H,15,16). The molecule has 1 aromatic heterocycles. The van der Waals surface area contributed by atoms with Crippen LogP contribution < -0.4 is 5.32 Å². The zero-order chi connectivity index (χ0) is 12.0. The molecule has 4 heteroatoms. The number of pyridine rings is 1. The first kappa shape index (κ1) is 10.6. The second kappa shape index (κ2) is 3.47. The fourth-order valence-electron chi connectivity index (χ4n) is 1.89. The first-order valence-corrected chi connectivity index (χ1v) is 6.28. The van der Waals surface area contributed by atoms with Gasteiger partial charge in [0, 0.05) is 10.3 Å². The summed E-state index contributed by atoms with van der Waals surface area (Å²) in [4.78, 5) is 17.3. The number of anilines is 1.